The van der Waals surface area contributed by atoms with Gasteiger partial charge in [-0.2, -0.15) is 0 Å². The highest BCUT2D eigenvalue weighted by Crippen LogP contribution is 2.15. The molecule has 3 rings (SSSR count). The maximum absolute atomic E-state index is 13.8. The third-order valence-corrected chi connectivity index (χ3v) is 3.94. The molecule has 2 heterocycles. The van der Waals surface area contributed by atoms with Crippen LogP contribution in [0.15, 0.2) is 47.4 Å². The molecule has 0 saturated carbocycles. The summed E-state index contributed by atoms with van der Waals surface area (Å²) < 4.78 is 20.2. The Bertz CT molecular complexity index is 1010. The van der Waals surface area contributed by atoms with Crippen molar-refractivity contribution in [3.05, 3.63) is 75.6 Å². The lowest BCUT2D eigenvalue weighted by Crippen LogP contribution is -2.21. The van der Waals surface area contributed by atoms with Crippen molar-refractivity contribution in [2.75, 3.05) is 6.61 Å². The van der Waals surface area contributed by atoms with Crippen LogP contribution in [0.2, 0.25) is 0 Å². The third kappa shape index (κ3) is 3.28. The number of nitrogens with zero attached hydrogens (tertiary/aromatic N) is 2. The lowest BCUT2D eigenvalue weighted by molar-refractivity contribution is 0.0525. The van der Waals surface area contributed by atoms with Crippen LogP contribution >= 0.6 is 0 Å². The van der Waals surface area contributed by atoms with Crippen LogP contribution in [0.1, 0.15) is 28.5 Å². The second-order valence-corrected chi connectivity index (χ2v) is 5.61. The third-order valence-electron chi connectivity index (χ3n) is 3.94. The summed E-state index contributed by atoms with van der Waals surface area (Å²) in [4.78, 5) is 29.1. The van der Waals surface area contributed by atoms with E-state index in [0.717, 1.165) is 0 Å². The van der Waals surface area contributed by atoms with Gasteiger partial charge in [-0.05, 0) is 32.0 Å². The first-order valence-corrected chi connectivity index (χ1v) is 7.92. The molecule has 0 unspecified atom stereocenters. The van der Waals surface area contributed by atoms with Gasteiger partial charge in [0.2, 0.25) is 0 Å². The van der Waals surface area contributed by atoms with E-state index in [-0.39, 0.29) is 30.1 Å². The molecular weight excluding hydrogens is 323 g/mol. The van der Waals surface area contributed by atoms with Crippen LogP contribution in [-0.4, -0.2) is 22.1 Å². The second-order valence-electron chi connectivity index (χ2n) is 5.61. The van der Waals surface area contributed by atoms with E-state index in [1.165, 1.54) is 16.7 Å². The first kappa shape index (κ1) is 16.8. The Labute approximate surface area is 143 Å². The first-order valence-electron chi connectivity index (χ1n) is 7.92. The number of carbonyl (C=O) groups is 1. The fraction of sp³-hybridized carbons (Fsp3) is 0.211. The molecule has 0 atom stereocenters. The molecule has 0 aliphatic carbocycles. The van der Waals surface area contributed by atoms with E-state index in [9.17, 15) is 14.0 Å². The lowest BCUT2D eigenvalue weighted by atomic mass is 10.1. The molecule has 25 heavy (non-hydrogen) atoms. The van der Waals surface area contributed by atoms with Crippen molar-refractivity contribution in [1.29, 1.82) is 0 Å². The summed E-state index contributed by atoms with van der Waals surface area (Å²) in [6.45, 7) is 3.74. The molecule has 6 heteroatoms. The van der Waals surface area contributed by atoms with Crippen molar-refractivity contribution in [2.45, 2.75) is 20.4 Å². The molecule has 0 N–H and O–H groups in total. The minimum absolute atomic E-state index is 0.101. The predicted molar refractivity (Wildman–Crippen MR) is 92.2 cm³/mol. The van der Waals surface area contributed by atoms with E-state index < -0.39 is 5.97 Å². The molecule has 2 aromatic heterocycles. The quantitative estimate of drug-likeness (QED) is 0.685. The van der Waals surface area contributed by atoms with E-state index in [2.05, 4.69) is 4.98 Å². The molecule has 5 nitrogen and oxygen atoms in total. The molecule has 0 spiro atoms. The van der Waals surface area contributed by atoms with E-state index in [4.69, 9.17) is 4.74 Å². The maximum Gasteiger partial charge on any atom is 0.339 e. The molecule has 0 radical (unpaired) electrons. The summed E-state index contributed by atoms with van der Waals surface area (Å²) in [5.41, 5.74) is 1.32. The van der Waals surface area contributed by atoms with E-state index in [0.29, 0.717) is 22.2 Å². The monoisotopic (exact) mass is 340 g/mol. The van der Waals surface area contributed by atoms with Gasteiger partial charge in [-0.15, -0.1) is 0 Å². The number of hydrogen-bond donors (Lipinski definition) is 0. The van der Waals surface area contributed by atoms with Crippen molar-refractivity contribution in [3.8, 4) is 0 Å². The highest BCUT2D eigenvalue weighted by molar-refractivity contribution is 5.94. The highest BCUT2D eigenvalue weighted by Gasteiger charge is 2.15. The van der Waals surface area contributed by atoms with Crippen molar-refractivity contribution in [3.63, 3.8) is 0 Å². The number of aryl methyl sites for hydroxylation is 1. The number of aromatic nitrogens is 2. The Balaban J connectivity index is 2.09. The van der Waals surface area contributed by atoms with Crippen LogP contribution in [-0.2, 0) is 11.3 Å². The molecule has 128 valence electrons. The van der Waals surface area contributed by atoms with Gasteiger partial charge in [0.1, 0.15) is 5.82 Å². The summed E-state index contributed by atoms with van der Waals surface area (Å²) in [6.07, 6.45) is 1.58. The maximum atomic E-state index is 13.8. The second kappa shape index (κ2) is 6.84. The van der Waals surface area contributed by atoms with Gasteiger partial charge in [0.05, 0.1) is 35.3 Å². The van der Waals surface area contributed by atoms with Crippen LogP contribution in [0.25, 0.3) is 10.9 Å². The first-order chi connectivity index (χ1) is 12.0. The molecule has 3 aromatic rings. The fourth-order valence-electron chi connectivity index (χ4n) is 2.66. The van der Waals surface area contributed by atoms with Crippen LogP contribution in [0.4, 0.5) is 4.39 Å². The summed E-state index contributed by atoms with van der Waals surface area (Å²) in [5.74, 6) is -0.887. The minimum atomic E-state index is -0.515. The van der Waals surface area contributed by atoms with Gasteiger partial charge < -0.3 is 9.30 Å². The topological polar surface area (TPSA) is 61.2 Å². The van der Waals surface area contributed by atoms with Crippen molar-refractivity contribution >= 4 is 16.9 Å². The van der Waals surface area contributed by atoms with E-state index >= 15 is 0 Å². The van der Waals surface area contributed by atoms with Gasteiger partial charge in [0.25, 0.3) is 5.56 Å². The van der Waals surface area contributed by atoms with Crippen molar-refractivity contribution in [1.82, 2.24) is 9.55 Å². The summed E-state index contributed by atoms with van der Waals surface area (Å²) in [7, 11) is 0. The number of pyridine rings is 2. The number of ether oxygens (including phenoxy) is 1. The molecule has 0 bridgehead atoms. The van der Waals surface area contributed by atoms with Gasteiger partial charge in [0.15, 0.2) is 0 Å². The number of esters is 1. The lowest BCUT2D eigenvalue weighted by Gasteiger charge is -2.10. The molecule has 1 aromatic carbocycles. The zero-order chi connectivity index (χ0) is 18.0. The Morgan fingerprint density at radius 3 is 2.76 bits per heavy atom. The SMILES string of the molecule is CCOC(=O)c1cc2c(=O)n(Cc3ccccc3F)ccc2nc1C. The normalized spacial score (nSPS) is 10.8. The van der Waals surface area contributed by atoms with Crippen LogP contribution in [0, 0.1) is 12.7 Å². The molecule has 0 fully saturated rings. The summed E-state index contributed by atoms with van der Waals surface area (Å²) >= 11 is 0. The average Bonchev–Trinajstić information content (AvgIpc) is 2.59. The van der Waals surface area contributed by atoms with Crippen LogP contribution in [0.5, 0.6) is 0 Å². The zero-order valence-corrected chi connectivity index (χ0v) is 14.0. The van der Waals surface area contributed by atoms with E-state index in [1.54, 1.807) is 44.3 Å². The fourth-order valence-corrected chi connectivity index (χ4v) is 2.66. The zero-order valence-electron chi connectivity index (χ0n) is 14.0. The Morgan fingerprint density at radius 2 is 2.04 bits per heavy atom. The van der Waals surface area contributed by atoms with Crippen LogP contribution in [0.3, 0.4) is 0 Å². The predicted octanol–water partition coefficient (Wildman–Crippen LogP) is 3.07. The van der Waals surface area contributed by atoms with Crippen molar-refractivity contribution < 1.29 is 13.9 Å². The molecule has 0 amide bonds. The minimum Gasteiger partial charge on any atom is -0.462 e. The number of halogens is 1. The van der Waals surface area contributed by atoms with Crippen molar-refractivity contribution in [2.24, 2.45) is 0 Å². The van der Waals surface area contributed by atoms with Gasteiger partial charge >= 0.3 is 5.97 Å². The number of rotatable bonds is 4. The van der Waals surface area contributed by atoms with E-state index in [1.807, 2.05) is 0 Å². The van der Waals surface area contributed by atoms with Gasteiger partial charge in [-0.25, -0.2) is 9.18 Å². The number of carbonyl (C=O) groups excluding carboxylic acids is 1. The highest BCUT2D eigenvalue weighted by atomic mass is 19.1. The Hall–Kier alpha value is -3.02. The molecule has 0 aliphatic heterocycles. The van der Waals surface area contributed by atoms with Gasteiger partial charge in [0, 0.05) is 11.8 Å². The van der Waals surface area contributed by atoms with Crippen LogP contribution < -0.4 is 5.56 Å². The Morgan fingerprint density at radius 1 is 1.28 bits per heavy atom. The van der Waals surface area contributed by atoms with Gasteiger partial charge in [-0.3, -0.25) is 9.78 Å². The summed E-state index contributed by atoms with van der Waals surface area (Å²) in [5, 5.41) is 0.299. The number of hydrogen-bond acceptors (Lipinski definition) is 4. The molecular formula is C19H17FN2O3. The number of benzene rings is 1. The smallest absolute Gasteiger partial charge is 0.339 e. The van der Waals surface area contributed by atoms with Gasteiger partial charge in [-0.1, -0.05) is 18.2 Å². The number of fused-ring (bicyclic) bond motifs is 1. The molecule has 0 aliphatic rings. The summed E-state index contributed by atoms with van der Waals surface area (Å²) in [6, 6.07) is 9.47. The average molecular weight is 340 g/mol. The Kier molecular flexibility index (Phi) is 4.61. The largest absolute Gasteiger partial charge is 0.462 e. The molecule has 0 saturated heterocycles. The standard InChI is InChI=1S/C19H17FN2O3/c1-3-25-19(24)14-10-15-17(21-12(14)2)8-9-22(18(15)23)11-13-6-4-5-7-16(13)20/h4-10H,3,11H2,1-2H3.